The fourth-order valence-electron chi connectivity index (χ4n) is 3.01. The maximum Gasteiger partial charge on any atom is 0.122 e. The summed E-state index contributed by atoms with van der Waals surface area (Å²) in [5.41, 5.74) is 1.32. The maximum atomic E-state index is 6.04. The SMILES string of the molecule is CCCCCc1cc2ccc1OCCCCCCCCCO2. The summed E-state index contributed by atoms with van der Waals surface area (Å²) in [5, 5.41) is 0. The van der Waals surface area contributed by atoms with Crippen LogP contribution in [0.1, 0.15) is 76.7 Å². The van der Waals surface area contributed by atoms with Crippen LogP contribution in [0.15, 0.2) is 18.2 Å². The summed E-state index contributed by atoms with van der Waals surface area (Å²) >= 11 is 0. The first-order valence-electron chi connectivity index (χ1n) is 9.28. The van der Waals surface area contributed by atoms with Gasteiger partial charge in [0.25, 0.3) is 0 Å². The van der Waals surface area contributed by atoms with Gasteiger partial charge in [-0.2, -0.15) is 0 Å². The van der Waals surface area contributed by atoms with Gasteiger partial charge in [-0.15, -0.1) is 0 Å². The van der Waals surface area contributed by atoms with Crippen LogP contribution in [0.5, 0.6) is 11.5 Å². The van der Waals surface area contributed by atoms with Crippen LogP contribution in [0.4, 0.5) is 0 Å². The molecule has 2 nitrogen and oxygen atoms in total. The highest BCUT2D eigenvalue weighted by atomic mass is 16.5. The molecule has 0 saturated heterocycles. The molecule has 1 aromatic carbocycles. The molecule has 0 atom stereocenters. The summed E-state index contributed by atoms with van der Waals surface area (Å²) in [6.07, 6.45) is 13.8. The molecular weight excluding hydrogens is 272 g/mol. The first-order chi connectivity index (χ1) is 10.9. The van der Waals surface area contributed by atoms with E-state index in [2.05, 4.69) is 25.1 Å². The van der Waals surface area contributed by atoms with E-state index in [9.17, 15) is 0 Å². The van der Waals surface area contributed by atoms with E-state index in [0.717, 1.165) is 31.1 Å². The van der Waals surface area contributed by atoms with E-state index >= 15 is 0 Å². The van der Waals surface area contributed by atoms with Crippen LogP contribution in [0.2, 0.25) is 0 Å². The molecule has 124 valence electrons. The zero-order chi connectivity index (χ0) is 15.5. The van der Waals surface area contributed by atoms with Crippen LogP contribution in [-0.2, 0) is 6.42 Å². The normalized spacial score (nSPS) is 17.1. The summed E-state index contributed by atoms with van der Waals surface area (Å²) in [6.45, 7) is 3.94. The zero-order valence-corrected chi connectivity index (χ0v) is 14.2. The number of unbranched alkanes of at least 4 members (excludes halogenated alkanes) is 2. The lowest BCUT2D eigenvalue weighted by molar-refractivity contribution is 0.298. The molecule has 2 aliphatic rings. The van der Waals surface area contributed by atoms with Gasteiger partial charge in [-0.3, -0.25) is 0 Å². The fourth-order valence-corrected chi connectivity index (χ4v) is 3.01. The second kappa shape index (κ2) is 10.5. The molecular formula is C20H32O2. The van der Waals surface area contributed by atoms with E-state index in [-0.39, 0.29) is 0 Å². The van der Waals surface area contributed by atoms with Crippen LogP contribution in [-0.4, -0.2) is 13.2 Å². The minimum atomic E-state index is 0.842. The lowest BCUT2D eigenvalue weighted by Crippen LogP contribution is -2.02. The van der Waals surface area contributed by atoms with Crippen molar-refractivity contribution in [2.24, 2.45) is 0 Å². The van der Waals surface area contributed by atoms with Crippen LogP contribution < -0.4 is 9.47 Å². The van der Waals surface area contributed by atoms with Gasteiger partial charge >= 0.3 is 0 Å². The highest BCUT2D eigenvalue weighted by Crippen LogP contribution is 2.27. The van der Waals surface area contributed by atoms with Crippen LogP contribution in [0, 0.1) is 0 Å². The van der Waals surface area contributed by atoms with E-state index in [1.165, 1.54) is 69.8 Å². The third-order valence-corrected chi connectivity index (χ3v) is 4.40. The number of hydrogen-bond acceptors (Lipinski definition) is 2. The topological polar surface area (TPSA) is 18.5 Å². The number of hydrogen-bond donors (Lipinski definition) is 0. The molecule has 2 heteroatoms. The van der Waals surface area contributed by atoms with E-state index in [1.807, 2.05) is 0 Å². The van der Waals surface area contributed by atoms with Gasteiger partial charge in [0, 0.05) is 0 Å². The first kappa shape index (κ1) is 17.2. The zero-order valence-electron chi connectivity index (χ0n) is 14.2. The molecule has 0 N–H and O–H groups in total. The van der Waals surface area contributed by atoms with Gasteiger partial charge < -0.3 is 9.47 Å². The van der Waals surface area contributed by atoms with Gasteiger partial charge in [-0.25, -0.2) is 0 Å². The van der Waals surface area contributed by atoms with Crippen molar-refractivity contribution in [1.82, 2.24) is 0 Å². The Bertz CT molecular complexity index is 414. The molecule has 0 saturated carbocycles. The Morgan fingerprint density at radius 2 is 1.50 bits per heavy atom. The third kappa shape index (κ3) is 6.29. The first-order valence-corrected chi connectivity index (χ1v) is 9.28. The van der Waals surface area contributed by atoms with Crippen molar-refractivity contribution in [2.75, 3.05) is 13.2 Å². The van der Waals surface area contributed by atoms with Crippen molar-refractivity contribution in [2.45, 2.75) is 77.6 Å². The van der Waals surface area contributed by atoms with Crippen LogP contribution in [0.25, 0.3) is 0 Å². The van der Waals surface area contributed by atoms with Crippen LogP contribution >= 0.6 is 0 Å². The van der Waals surface area contributed by atoms with E-state index in [0.29, 0.717) is 0 Å². The van der Waals surface area contributed by atoms with Gasteiger partial charge in [-0.1, -0.05) is 51.9 Å². The van der Waals surface area contributed by atoms with E-state index in [1.54, 1.807) is 0 Å². The molecule has 2 heterocycles. The largest absolute Gasteiger partial charge is 0.494 e. The van der Waals surface area contributed by atoms with Crippen LogP contribution in [0.3, 0.4) is 0 Å². The molecule has 0 aromatic heterocycles. The third-order valence-electron chi connectivity index (χ3n) is 4.40. The Morgan fingerprint density at radius 1 is 0.818 bits per heavy atom. The molecule has 2 aliphatic heterocycles. The number of fused-ring (bicyclic) bond motifs is 12. The van der Waals surface area contributed by atoms with E-state index in [4.69, 9.17) is 9.47 Å². The molecule has 1 aromatic rings. The van der Waals surface area contributed by atoms with Gasteiger partial charge in [-0.05, 0) is 49.4 Å². The molecule has 0 spiro atoms. The Balaban J connectivity index is 2.01. The number of aryl methyl sites for hydroxylation is 1. The molecule has 0 fully saturated rings. The quantitative estimate of drug-likeness (QED) is 0.643. The average Bonchev–Trinajstić information content (AvgIpc) is 2.55. The highest BCUT2D eigenvalue weighted by molar-refractivity contribution is 5.40. The Kier molecular flexibility index (Phi) is 8.22. The molecule has 2 bridgehead atoms. The summed E-state index contributed by atoms with van der Waals surface area (Å²) in [4.78, 5) is 0. The number of rotatable bonds is 4. The molecule has 0 unspecified atom stereocenters. The molecule has 0 amide bonds. The Labute approximate surface area is 136 Å². The lowest BCUT2D eigenvalue weighted by Gasteiger charge is -2.14. The van der Waals surface area contributed by atoms with Gasteiger partial charge in [0.1, 0.15) is 11.5 Å². The number of ether oxygens (including phenoxy) is 2. The fraction of sp³-hybridized carbons (Fsp3) is 0.700. The van der Waals surface area contributed by atoms with Crippen molar-refractivity contribution in [3.05, 3.63) is 23.8 Å². The highest BCUT2D eigenvalue weighted by Gasteiger charge is 2.07. The van der Waals surface area contributed by atoms with E-state index < -0.39 is 0 Å². The standard InChI is InChI=1S/C20H32O2/c1-2-3-9-12-18-17-19-13-14-20(18)22-16-11-8-6-4-5-7-10-15-21-19/h13-14,17H,2-12,15-16H2,1H3. The van der Waals surface area contributed by atoms with Crippen molar-refractivity contribution in [1.29, 1.82) is 0 Å². The average molecular weight is 304 g/mol. The molecule has 0 aliphatic carbocycles. The number of benzene rings is 1. The minimum Gasteiger partial charge on any atom is -0.494 e. The van der Waals surface area contributed by atoms with Crippen molar-refractivity contribution < 1.29 is 9.47 Å². The Hall–Kier alpha value is -1.18. The molecule has 22 heavy (non-hydrogen) atoms. The summed E-state index contributed by atoms with van der Waals surface area (Å²) in [7, 11) is 0. The van der Waals surface area contributed by atoms with Gasteiger partial charge in [0.2, 0.25) is 0 Å². The van der Waals surface area contributed by atoms with Gasteiger partial charge in [0.05, 0.1) is 13.2 Å². The second-order valence-electron chi connectivity index (χ2n) is 6.40. The molecule has 0 radical (unpaired) electrons. The minimum absolute atomic E-state index is 0.842. The summed E-state index contributed by atoms with van der Waals surface area (Å²) in [6, 6.07) is 6.37. The monoisotopic (exact) mass is 304 g/mol. The second-order valence-corrected chi connectivity index (χ2v) is 6.40. The summed E-state index contributed by atoms with van der Waals surface area (Å²) in [5.74, 6) is 2.08. The lowest BCUT2D eigenvalue weighted by atomic mass is 10.1. The van der Waals surface area contributed by atoms with Crippen molar-refractivity contribution in [3.8, 4) is 11.5 Å². The Morgan fingerprint density at radius 3 is 2.23 bits per heavy atom. The van der Waals surface area contributed by atoms with Crippen molar-refractivity contribution >= 4 is 0 Å². The summed E-state index contributed by atoms with van der Waals surface area (Å²) < 4.78 is 12.0. The van der Waals surface area contributed by atoms with Gasteiger partial charge in [0.15, 0.2) is 0 Å². The molecule has 3 rings (SSSR count). The smallest absolute Gasteiger partial charge is 0.122 e. The predicted octanol–water partition coefficient (Wildman–Crippen LogP) is 5.92. The predicted molar refractivity (Wildman–Crippen MR) is 93.0 cm³/mol. The van der Waals surface area contributed by atoms with Crippen molar-refractivity contribution in [3.63, 3.8) is 0 Å². The maximum absolute atomic E-state index is 6.04.